The van der Waals surface area contributed by atoms with Crippen LogP contribution in [0.5, 0.6) is 0 Å². The highest BCUT2D eigenvalue weighted by atomic mass is 16.2. The monoisotopic (exact) mass is 168 g/mol. The Morgan fingerprint density at radius 2 is 2.42 bits per heavy atom. The van der Waals surface area contributed by atoms with Crippen LogP contribution in [0.4, 0.5) is 0 Å². The highest BCUT2D eigenvalue weighted by molar-refractivity contribution is 5.00. The van der Waals surface area contributed by atoms with E-state index in [1.165, 1.54) is 5.69 Å². The maximum absolute atomic E-state index is 8.66. The number of rotatable bonds is 5. The van der Waals surface area contributed by atoms with Gasteiger partial charge in [-0.15, -0.1) is 0 Å². The second kappa shape index (κ2) is 4.93. The van der Waals surface area contributed by atoms with Crippen molar-refractivity contribution < 1.29 is 5.11 Å². The van der Waals surface area contributed by atoms with Crippen molar-refractivity contribution >= 4 is 0 Å². The Balaban J connectivity index is 2.51. The molecule has 0 saturated heterocycles. The van der Waals surface area contributed by atoms with E-state index >= 15 is 0 Å². The van der Waals surface area contributed by atoms with E-state index in [4.69, 9.17) is 5.11 Å². The fraction of sp³-hybridized carbons (Fsp3) is 0.667. The molecule has 0 radical (unpaired) electrons. The standard InChI is InChI=1S/C9H16N2O/c1-2-7-11-9(4-3-8-12)5-6-10-11/h5-6,12H,2-4,7-8H2,1H3. The molecule has 0 aromatic carbocycles. The molecule has 0 spiro atoms. The Kier molecular flexibility index (Phi) is 3.80. The zero-order chi connectivity index (χ0) is 8.81. The number of aliphatic hydroxyl groups excluding tert-OH is 1. The number of aryl methyl sites for hydroxylation is 2. The molecule has 68 valence electrons. The Hall–Kier alpha value is -0.830. The van der Waals surface area contributed by atoms with Crippen molar-refractivity contribution in [1.29, 1.82) is 0 Å². The summed E-state index contributed by atoms with van der Waals surface area (Å²) in [5, 5.41) is 12.9. The second-order valence-corrected chi connectivity index (χ2v) is 2.87. The normalized spacial score (nSPS) is 10.5. The predicted octanol–water partition coefficient (Wildman–Crippen LogP) is 1.22. The van der Waals surface area contributed by atoms with Gasteiger partial charge in [-0.1, -0.05) is 6.92 Å². The summed E-state index contributed by atoms with van der Waals surface area (Å²) in [7, 11) is 0. The van der Waals surface area contributed by atoms with Crippen LogP contribution < -0.4 is 0 Å². The van der Waals surface area contributed by atoms with Gasteiger partial charge in [-0.3, -0.25) is 4.68 Å². The molecule has 3 nitrogen and oxygen atoms in total. The zero-order valence-corrected chi connectivity index (χ0v) is 7.53. The average Bonchev–Trinajstić information content (AvgIpc) is 2.50. The van der Waals surface area contributed by atoms with Crippen molar-refractivity contribution in [2.45, 2.75) is 32.7 Å². The molecule has 0 atom stereocenters. The summed E-state index contributed by atoms with van der Waals surface area (Å²) < 4.78 is 2.01. The highest BCUT2D eigenvalue weighted by Crippen LogP contribution is 2.03. The third kappa shape index (κ3) is 2.34. The van der Waals surface area contributed by atoms with Crippen LogP contribution in [0, 0.1) is 0 Å². The number of hydrogen-bond donors (Lipinski definition) is 1. The number of aliphatic hydroxyl groups is 1. The molecule has 1 aromatic rings. The van der Waals surface area contributed by atoms with E-state index < -0.39 is 0 Å². The van der Waals surface area contributed by atoms with Crippen LogP contribution in [-0.2, 0) is 13.0 Å². The van der Waals surface area contributed by atoms with E-state index in [0.717, 1.165) is 25.8 Å². The van der Waals surface area contributed by atoms with Gasteiger partial charge in [-0.05, 0) is 25.3 Å². The lowest BCUT2D eigenvalue weighted by atomic mass is 10.2. The van der Waals surface area contributed by atoms with Crippen molar-refractivity contribution in [3.63, 3.8) is 0 Å². The summed E-state index contributed by atoms with van der Waals surface area (Å²) in [5.74, 6) is 0. The lowest BCUT2D eigenvalue weighted by Crippen LogP contribution is -2.04. The Morgan fingerprint density at radius 1 is 1.58 bits per heavy atom. The van der Waals surface area contributed by atoms with Crippen LogP contribution in [0.15, 0.2) is 12.3 Å². The van der Waals surface area contributed by atoms with Crippen LogP contribution in [0.25, 0.3) is 0 Å². The first-order valence-electron chi connectivity index (χ1n) is 4.50. The van der Waals surface area contributed by atoms with Gasteiger partial charge in [0.1, 0.15) is 0 Å². The maximum atomic E-state index is 8.66. The lowest BCUT2D eigenvalue weighted by Gasteiger charge is -2.04. The molecule has 0 bridgehead atoms. The van der Waals surface area contributed by atoms with Gasteiger partial charge in [-0.25, -0.2) is 0 Å². The van der Waals surface area contributed by atoms with E-state index in [1.807, 2.05) is 16.9 Å². The molecule has 0 unspecified atom stereocenters. The van der Waals surface area contributed by atoms with Gasteiger partial charge in [-0.2, -0.15) is 5.10 Å². The van der Waals surface area contributed by atoms with Crippen LogP contribution in [-0.4, -0.2) is 21.5 Å². The topological polar surface area (TPSA) is 38.0 Å². The molecule has 1 heterocycles. The summed E-state index contributed by atoms with van der Waals surface area (Å²) in [5.41, 5.74) is 1.23. The van der Waals surface area contributed by atoms with Gasteiger partial charge < -0.3 is 5.11 Å². The fourth-order valence-corrected chi connectivity index (χ4v) is 1.25. The largest absolute Gasteiger partial charge is 0.396 e. The van der Waals surface area contributed by atoms with Gasteiger partial charge in [0.05, 0.1) is 0 Å². The molecule has 3 heteroatoms. The third-order valence-electron chi connectivity index (χ3n) is 1.83. The van der Waals surface area contributed by atoms with Gasteiger partial charge >= 0.3 is 0 Å². The molecular weight excluding hydrogens is 152 g/mol. The first-order valence-corrected chi connectivity index (χ1v) is 4.50. The van der Waals surface area contributed by atoms with Crippen LogP contribution in [0.3, 0.4) is 0 Å². The van der Waals surface area contributed by atoms with Gasteiger partial charge in [0.15, 0.2) is 0 Å². The van der Waals surface area contributed by atoms with Gasteiger partial charge in [0.25, 0.3) is 0 Å². The molecule has 0 aliphatic carbocycles. The van der Waals surface area contributed by atoms with Gasteiger partial charge in [0, 0.05) is 25.0 Å². The van der Waals surface area contributed by atoms with E-state index in [9.17, 15) is 0 Å². The minimum atomic E-state index is 0.261. The maximum Gasteiger partial charge on any atom is 0.0492 e. The number of aromatic nitrogens is 2. The van der Waals surface area contributed by atoms with E-state index in [1.54, 1.807) is 0 Å². The summed E-state index contributed by atoms with van der Waals surface area (Å²) >= 11 is 0. The zero-order valence-electron chi connectivity index (χ0n) is 7.53. The molecule has 1 rings (SSSR count). The van der Waals surface area contributed by atoms with Crippen LogP contribution in [0.1, 0.15) is 25.5 Å². The van der Waals surface area contributed by atoms with Crippen molar-refractivity contribution in [3.8, 4) is 0 Å². The van der Waals surface area contributed by atoms with E-state index in [2.05, 4.69) is 12.0 Å². The summed E-state index contributed by atoms with van der Waals surface area (Å²) in [6.45, 7) is 3.38. The molecule has 0 fully saturated rings. The third-order valence-corrected chi connectivity index (χ3v) is 1.83. The fourth-order valence-electron chi connectivity index (χ4n) is 1.25. The molecule has 0 aliphatic heterocycles. The average molecular weight is 168 g/mol. The number of hydrogen-bond acceptors (Lipinski definition) is 2. The van der Waals surface area contributed by atoms with Crippen LogP contribution >= 0.6 is 0 Å². The quantitative estimate of drug-likeness (QED) is 0.717. The molecular formula is C9H16N2O. The van der Waals surface area contributed by atoms with E-state index in [-0.39, 0.29) is 6.61 Å². The molecule has 0 aliphatic rings. The van der Waals surface area contributed by atoms with Gasteiger partial charge in [0.2, 0.25) is 0 Å². The number of nitrogens with zero attached hydrogens (tertiary/aromatic N) is 2. The summed E-state index contributed by atoms with van der Waals surface area (Å²) in [6, 6.07) is 2.02. The molecule has 0 amide bonds. The second-order valence-electron chi connectivity index (χ2n) is 2.87. The van der Waals surface area contributed by atoms with Crippen molar-refractivity contribution in [1.82, 2.24) is 9.78 Å². The molecule has 12 heavy (non-hydrogen) atoms. The SMILES string of the molecule is CCCn1nccc1CCCO. The molecule has 1 N–H and O–H groups in total. The van der Waals surface area contributed by atoms with E-state index in [0.29, 0.717) is 0 Å². The smallest absolute Gasteiger partial charge is 0.0492 e. The van der Waals surface area contributed by atoms with Crippen molar-refractivity contribution in [2.24, 2.45) is 0 Å². The first-order chi connectivity index (χ1) is 5.88. The summed E-state index contributed by atoms with van der Waals surface area (Å²) in [4.78, 5) is 0. The van der Waals surface area contributed by atoms with Crippen LogP contribution in [0.2, 0.25) is 0 Å². The van der Waals surface area contributed by atoms with Crippen molar-refractivity contribution in [3.05, 3.63) is 18.0 Å². The highest BCUT2D eigenvalue weighted by Gasteiger charge is 1.99. The minimum absolute atomic E-state index is 0.261. The van der Waals surface area contributed by atoms with Crippen molar-refractivity contribution in [2.75, 3.05) is 6.61 Å². The Labute approximate surface area is 73.0 Å². The lowest BCUT2D eigenvalue weighted by molar-refractivity contribution is 0.287. The Morgan fingerprint density at radius 3 is 3.08 bits per heavy atom. The summed E-state index contributed by atoms with van der Waals surface area (Å²) in [6.07, 6.45) is 4.68. The Bertz CT molecular complexity index is 220. The molecule has 0 saturated carbocycles. The predicted molar refractivity (Wildman–Crippen MR) is 47.9 cm³/mol. The molecule has 1 aromatic heterocycles. The first kappa shape index (κ1) is 9.26. The minimum Gasteiger partial charge on any atom is -0.396 e.